The molecule has 0 fully saturated rings. The van der Waals surface area contributed by atoms with Crippen molar-refractivity contribution < 1.29 is 14.7 Å². The number of nitrogens with two attached hydrogens (primary N) is 4. The maximum atomic E-state index is 11.6. The highest BCUT2D eigenvalue weighted by Crippen LogP contribution is 2.00. The van der Waals surface area contributed by atoms with Gasteiger partial charge in [0.15, 0.2) is 11.7 Å². The number of nitrogens with one attached hydrogen (secondary N) is 2. The molecule has 0 amide bonds. The Hall–Kier alpha value is -1.71. The van der Waals surface area contributed by atoms with Crippen molar-refractivity contribution in [1.29, 1.82) is 5.41 Å². The Kier molecular flexibility index (Phi) is 6.86. The lowest BCUT2D eigenvalue weighted by molar-refractivity contribution is -0.141. The van der Waals surface area contributed by atoms with Crippen molar-refractivity contribution in [2.75, 3.05) is 6.54 Å². The van der Waals surface area contributed by atoms with E-state index in [9.17, 15) is 9.59 Å². The zero-order valence-electron chi connectivity index (χ0n) is 9.93. The number of ketones is 1. The predicted molar refractivity (Wildman–Crippen MR) is 65.7 cm³/mol. The second-order valence-corrected chi connectivity index (χ2v) is 3.88. The molecule has 0 aliphatic carbocycles. The molecular weight excluding hydrogens is 240 g/mol. The first-order chi connectivity index (χ1) is 8.27. The SMILES string of the molecule is N=C(N)NCCC[C@H](N)C(=O)C(N)C(N)C(=O)O. The van der Waals surface area contributed by atoms with Gasteiger partial charge in [0.1, 0.15) is 6.04 Å². The van der Waals surface area contributed by atoms with Crippen molar-refractivity contribution in [3.63, 3.8) is 0 Å². The molecule has 0 aromatic rings. The number of carbonyl (C=O) groups is 2. The van der Waals surface area contributed by atoms with E-state index in [0.29, 0.717) is 19.4 Å². The van der Waals surface area contributed by atoms with E-state index in [1.807, 2.05) is 0 Å². The minimum atomic E-state index is -1.46. The summed E-state index contributed by atoms with van der Waals surface area (Å²) in [5.41, 5.74) is 21.3. The average molecular weight is 260 g/mol. The van der Waals surface area contributed by atoms with Crippen LogP contribution in [-0.2, 0) is 9.59 Å². The lowest BCUT2D eigenvalue weighted by Crippen LogP contribution is -2.56. The third kappa shape index (κ3) is 5.57. The zero-order valence-corrected chi connectivity index (χ0v) is 9.93. The maximum absolute atomic E-state index is 11.6. The van der Waals surface area contributed by atoms with Crippen molar-refractivity contribution in [3.8, 4) is 0 Å². The third-order valence-electron chi connectivity index (χ3n) is 2.37. The summed E-state index contributed by atoms with van der Waals surface area (Å²) in [6.07, 6.45) is 0.806. The molecule has 2 unspecified atom stereocenters. The van der Waals surface area contributed by atoms with Gasteiger partial charge in [-0.05, 0) is 12.8 Å². The summed E-state index contributed by atoms with van der Waals surface area (Å²) < 4.78 is 0. The van der Waals surface area contributed by atoms with Crippen LogP contribution < -0.4 is 28.3 Å². The fourth-order valence-electron chi connectivity index (χ4n) is 1.27. The Morgan fingerprint density at radius 2 is 1.78 bits per heavy atom. The number of aliphatic carboxylic acids is 1. The molecule has 3 atom stereocenters. The fourth-order valence-corrected chi connectivity index (χ4v) is 1.27. The fraction of sp³-hybridized carbons (Fsp3) is 0.667. The number of hydrogen-bond acceptors (Lipinski definition) is 6. The molecule has 0 spiro atoms. The first kappa shape index (κ1) is 16.3. The molecule has 0 saturated carbocycles. The molecule has 9 heteroatoms. The minimum Gasteiger partial charge on any atom is -0.480 e. The highest BCUT2D eigenvalue weighted by molar-refractivity contribution is 5.93. The Morgan fingerprint density at radius 3 is 2.22 bits per heavy atom. The molecule has 0 saturated heterocycles. The van der Waals surface area contributed by atoms with Crippen molar-refractivity contribution in [2.24, 2.45) is 22.9 Å². The Morgan fingerprint density at radius 1 is 1.22 bits per heavy atom. The van der Waals surface area contributed by atoms with Gasteiger partial charge in [-0.2, -0.15) is 0 Å². The van der Waals surface area contributed by atoms with Gasteiger partial charge in [0.2, 0.25) is 0 Å². The number of Topliss-reactive ketones (excluding diaryl/α,β-unsaturated/α-hetero) is 1. The smallest absolute Gasteiger partial charge is 0.322 e. The Balaban J connectivity index is 4.09. The first-order valence-electron chi connectivity index (χ1n) is 5.38. The van der Waals surface area contributed by atoms with Gasteiger partial charge in [-0.1, -0.05) is 0 Å². The van der Waals surface area contributed by atoms with Gasteiger partial charge in [-0.3, -0.25) is 15.0 Å². The second kappa shape index (κ2) is 7.58. The monoisotopic (exact) mass is 260 g/mol. The molecule has 0 aliphatic heterocycles. The van der Waals surface area contributed by atoms with Crippen LogP contribution in [0.15, 0.2) is 0 Å². The average Bonchev–Trinajstić information content (AvgIpc) is 2.30. The molecule has 0 aromatic carbocycles. The van der Waals surface area contributed by atoms with Gasteiger partial charge in [0, 0.05) is 6.54 Å². The zero-order chi connectivity index (χ0) is 14.3. The lowest BCUT2D eigenvalue weighted by Gasteiger charge is -2.19. The summed E-state index contributed by atoms with van der Waals surface area (Å²) in [6.45, 7) is 0.399. The predicted octanol–water partition coefficient (Wildman–Crippen LogP) is -3.11. The van der Waals surface area contributed by atoms with Crippen molar-refractivity contribution in [1.82, 2.24) is 5.32 Å². The van der Waals surface area contributed by atoms with Gasteiger partial charge in [0.05, 0.1) is 12.1 Å². The van der Waals surface area contributed by atoms with Crippen molar-refractivity contribution >= 4 is 17.7 Å². The van der Waals surface area contributed by atoms with Crippen LogP contribution in [0.25, 0.3) is 0 Å². The van der Waals surface area contributed by atoms with Gasteiger partial charge < -0.3 is 33.4 Å². The van der Waals surface area contributed by atoms with Crippen LogP contribution >= 0.6 is 0 Å². The topological polar surface area (TPSA) is 194 Å². The van der Waals surface area contributed by atoms with Crippen LogP contribution in [0.2, 0.25) is 0 Å². The van der Waals surface area contributed by atoms with Gasteiger partial charge in [0.25, 0.3) is 0 Å². The summed E-state index contributed by atoms with van der Waals surface area (Å²) in [5.74, 6) is -2.10. The van der Waals surface area contributed by atoms with E-state index in [1.54, 1.807) is 0 Å². The number of guanidine groups is 1. The molecule has 104 valence electrons. The van der Waals surface area contributed by atoms with Crippen LogP contribution in [0.4, 0.5) is 0 Å². The minimum absolute atomic E-state index is 0.167. The summed E-state index contributed by atoms with van der Waals surface area (Å²) in [6, 6.07) is -3.66. The van der Waals surface area contributed by atoms with Gasteiger partial charge >= 0.3 is 5.97 Å². The molecule has 0 radical (unpaired) electrons. The summed E-state index contributed by atoms with van der Waals surface area (Å²) >= 11 is 0. The third-order valence-corrected chi connectivity index (χ3v) is 2.37. The molecule has 0 bridgehead atoms. The van der Waals surface area contributed by atoms with Crippen molar-refractivity contribution in [2.45, 2.75) is 31.0 Å². The molecule has 11 N–H and O–H groups in total. The molecule has 0 aliphatic rings. The Labute approximate surface area is 104 Å². The largest absolute Gasteiger partial charge is 0.480 e. The second-order valence-electron chi connectivity index (χ2n) is 3.88. The van der Waals surface area contributed by atoms with E-state index >= 15 is 0 Å². The number of carboxylic acids is 1. The number of carboxylic acid groups (broad SMARTS) is 1. The van der Waals surface area contributed by atoms with Crippen LogP contribution in [0.1, 0.15) is 12.8 Å². The highest BCUT2D eigenvalue weighted by Gasteiger charge is 2.30. The molecule has 0 rings (SSSR count). The van der Waals surface area contributed by atoms with E-state index in [0.717, 1.165) is 0 Å². The van der Waals surface area contributed by atoms with E-state index < -0.39 is 29.9 Å². The summed E-state index contributed by atoms with van der Waals surface area (Å²) in [5, 5.41) is 18.1. The quantitative estimate of drug-likeness (QED) is 0.135. The van der Waals surface area contributed by atoms with E-state index in [-0.39, 0.29) is 5.96 Å². The maximum Gasteiger partial charge on any atom is 0.322 e. The normalized spacial score (nSPS) is 15.5. The Bertz CT molecular complexity index is 321. The van der Waals surface area contributed by atoms with Gasteiger partial charge in [-0.15, -0.1) is 0 Å². The molecule has 9 nitrogen and oxygen atoms in total. The molecule has 0 aromatic heterocycles. The van der Waals surface area contributed by atoms with Crippen LogP contribution in [0.5, 0.6) is 0 Å². The lowest BCUT2D eigenvalue weighted by atomic mass is 9.97. The van der Waals surface area contributed by atoms with Crippen LogP contribution in [0.3, 0.4) is 0 Å². The van der Waals surface area contributed by atoms with Gasteiger partial charge in [-0.25, -0.2) is 0 Å². The van der Waals surface area contributed by atoms with E-state index in [1.165, 1.54) is 0 Å². The number of rotatable bonds is 8. The summed E-state index contributed by atoms with van der Waals surface area (Å²) in [4.78, 5) is 22.2. The summed E-state index contributed by atoms with van der Waals surface area (Å²) in [7, 11) is 0. The molecule has 18 heavy (non-hydrogen) atoms. The van der Waals surface area contributed by atoms with Crippen LogP contribution in [0, 0.1) is 5.41 Å². The van der Waals surface area contributed by atoms with Crippen molar-refractivity contribution in [3.05, 3.63) is 0 Å². The number of hydrogen-bond donors (Lipinski definition) is 7. The van der Waals surface area contributed by atoms with E-state index in [2.05, 4.69) is 5.32 Å². The van der Waals surface area contributed by atoms with E-state index in [4.69, 9.17) is 33.5 Å². The first-order valence-corrected chi connectivity index (χ1v) is 5.38. The van der Waals surface area contributed by atoms with Crippen LogP contribution in [-0.4, -0.2) is 47.5 Å². The highest BCUT2D eigenvalue weighted by atomic mass is 16.4. The number of carbonyl (C=O) groups excluding carboxylic acids is 1. The molecule has 0 heterocycles. The molecular formula is C9H20N6O3. The standard InChI is InChI=1S/C9H20N6O3/c10-4(2-1-3-15-9(13)14)7(16)5(11)6(12)8(17)18/h4-6H,1-3,10-12H2,(H,17,18)(H4,13,14,15)/t4-,5?,6?/m0/s1.